The first-order chi connectivity index (χ1) is 12.5. The second-order valence-electron chi connectivity index (χ2n) is 6.41. The van der Waals surface area contributed by atoms with E-state index in [4.69, 9.17) is 10.9 Å². The van der Waals surface area contributed by atoms with Gasteiger partial charge in [0.25, 0.3) is 11.8 Å². The highest BCUT2D eigenvalue weighted by atomic mass is 32.2. The summed E-state index contributed by atoms with van der Waals surface area (Å²) >= 11 is 0. The summed E-state index contributed by atoms with van der Waals surface area (Å²) in [6, 6.07) is 4.11. The SMILES string of the molecule is CCNC(=O)c1cc(C)n(-c2c(C(N)=O)cc(S(N)(=O)=O)cc2C(C)C)n1. The number of nitrogens with zero attached hydrogens (tertiary/aromatic N) is 2. The number of carbonyl (C=O) groups is 2. The zero-order chi connectivity index (χ0) is 20.5. The number of carbonyl (C=O) groups excluding carboxylic acids is 2. The van der Waals surface area contributed by atoms with Gasteiger partial charge in [0.15, 0.2) is 5.69 Å². The van der Waals surface area contributed by atoms with E-state index in [-0.39, 0.29) is 28.0 Å². The van der Waals surface area contributed by atoms with E-state index in [1.54, 1.807) is 19.9 Å². The van der Waals surface area contributed by atoms with Crippen molar-refractivity contribution in [3.05, 3.63) is 40.7 Å². The maximum Gasteiger partial charge on any atom is 0.271 e. The van der Waals surface area contributed by atoms with Gasteiger partial charge in [-0.2, -0.15) is 5.10 Å². The number of aromatic nitrogens is 2. The number of aryl methyl sites for hydroxylation is 1. The van der Waals surface area contributed by atoms with E-state index in [0.717, 1.165) is 6.07 Å². The van der Waals surface area contributed by atoms with E-state index < -0.39 is 15.9 Å². The lowest BCUT2D eigenvalue weighted by molar-refractivity contribution is 0.0949. The monoisotopic (exact) mass is 393 g/mol. The zero-order valence-electron chi connectivity index (χ0n) is 15.6. The fourth-order valence-corrected chi connectivity index (χ4v) is 3.29. The maximum absolute atomic E-state index is 12.1. The Morgan fingerprint density at radius 3 is 2.37 bits per heavy atom. The number of nitrogens with two attached hydrogens (primary N) is 2. The molecule has 2 amide bonds. The van der Waals surface area contributed by atoms with E-state index in [9.17, 15) is 18.0 Å². The number of hydrogen-bond acceptors (Lipinski definition) is 5. The van der Waals surface area contributed by atoms with Gasteiger partial charge in [0.05, 0.1) is 16.1 Å². The summed E-state index contributed by atoms with van der Waals surface area (Å²) in [5.74, 6) is -1.35. The van der Waals surface area contributed by atoms with Crippen molar-refractivity contribution in [2.45, 2.75) is 38.5 Å². The molecule has 0 aliphatic carbocycles. The second kappa shape index (κ2) is 7.49. The zero-order valence-corrected chi connectivity index (χ0v) is 16.4. The van der Waals surface area contributed by atoms with E-state index >= 15 is 0 Å². The predicted molar refractivity (Wildman–Crippen MR) is 100 cm³/mol. The Kier molecular flexibility index (Phi) is 5.71. The Balaban J connectivity index is 2.83. The molecular formula is C17H23N5O4S. The smallest absolute Gasteiger partial charge is 0.271 e. The van der Waals surface area contributed by atoms with E-state index in [1.807, 2.05) is 13.8 Å². The van der Waals surface area contributed by atoms with Gasteiger partial charge >= 0.3 is 0 Å². The molecule has 10 heteroatoms. The molecule has 0 unspecified atom stereocenters. The van der Waals surface area contributed by atoms with Gasteiger partial charge in [0, 0.05) is 12.2 Å². The summed E-state index contributed by atoms with van der Waals surface area (Å²) in [4.78, 5) is 23.9. The van der Waals surface area contributed by atoms with Crippen molar-refractivity contribution in [1.82, 2.24) is 15.1 Å². The van der Waals surface area contributed by atoms with Gasteiger partial charge in [-0.15, -0.1) is 0 Å². The summed E-state index contributed by atoms with van der Waals surface area (Å²) in [5.41, 5.74) is 7.07. The summed E-state index contributed by atoms with van der Waals surface area (Å²) in [7, 11) is -4.04. The van der Waals surface area contributed by atoms with E-state index in [2.05, 4.69) is 10.4 Å². The quantitative estimate of drug-likeness (QED) is 0.663. The van der Waals surface area contributed by atoms with Crippen LogP contribution in [0.2, 0.25) is 0 Å². The first-order valence-corrected chi connectivity index (χ1v) is 9.87. The van der Waals surface area contributed by atoms with Crippen LogP contribution < -0.4 is 16.2 Å². The van der Waals surface area contributed by atoms with Gasteiger partial charge < -0.3 is 11.1 Å². The molecule has 27 heavy (non-hydrogen) atoms. The van der Waals surface area contributed by atoms with Crippen molar-refractivity contribution in [3.8, 4) is 5.69 Å². The van der Waals surface area contributed by atoms with Crippen LogP contribution in [0.3, 0.4) is 0 Å². The van der Waals surface area contributed by atoms with Crippen molar-refractivity contribution in [3.63, 3.8) is 0 Å². The molecule has 5 N–H and O–H groups in total. The predicted octanol–water partition coefficient (Wildman–Crippen LogP) is 0.800. The molecule has 1 heterocycles. The largest absolute Gasteiger partial charge is 0.366 e. The van der Waals surface area contributed by atoms with Crippen LogP contribution in [-0.2, 0) is 10.0 Å². The highest BCUT2D eigenvalue weighted by molar-refractivity contribution is 7.89. The van der Waals surface area contributed by atoms with Gasteiger partial charge in [-0.25, -0.2) is 18.2 Å². The molecule has 0 saturated carbocycles. The molecule has 1 aromatic carbocycles. The number of rotatable bonds is 6. The molecule has 0 atom stereocenters. The molecular weight excluding hydrogens is 370 g/mol. The third-order valence-corrected chi connectivity index (χ3v) is 4.89. The molecule has 2 rings (SSSR count). The van der Waals surface area contributed by atoms with Gasteiger partial charge in [-0.3, -0.25) is 9.59 Å². The number of primary sulfonamides is 1. The van der Waals surface area contributed by atoms with Crippen LogP contribution >= 0.6 is 0 Å². The highest BCUT2D eigenvalue weighted by Crippen LogP contribution is 2.30. The Hall–Kier alpha value is -2.72. The number of nitrogens with one attached hydrogen (secondary N) is 1. The Morgan fingerprint density at radius 2 is 1.89 bits per heavy atom. The molecule has 0 fully saturated rings. The van der Waals surface area contributed by atoms with Crippen molar-refractivity contribution in [2.75, 3.05) is 6.54 Å². The molecule has 1 aromatic heterocycles. The van der Waals surface area contributed by atoms with Crippen LogP contribution in [0.4, 0.5) is 0 Å². The second-order valence-corrected chi connectivity index (χ2v) is 7.98. The lowest BCUT2D eigenvalue weighted by Crippen LogP contribution is -2.24. The van der Waals surface area contributed by atoms with Crippen LogP contribution in [0, 0.1) is 6.92 Å². The van der Waals surface area contributed by atoms with E-state index in [1.165, 1.54) is 10.7 Å². The standard InChI is InChI=1S/C17H23N5O4S/c1-5-20-17(24)14-6-10(4)22(21-14)15-12(9(2)3)7-11(27(19,25)26)8-13(15)16(18)23/h6-9H,5H2,1-4H3,(H2,18,23)(H,20,24)(H2,19,25,26). The molecule has 0 aliphatic rings. The fraction of sp³-hybridized carbons (Fsp3) is 0.353. The van der Waals surface area contributed by atoms with Crippen molar-refractivity contribution in [2.24, 2.45) is 10.9 Å². The number of primary amides is 1. The summed E-state index contributed by atoms with van der Waals surface area (Å²) in [6.45, 7) is 7.62. The molecule has 0 bridgehead atoms. The number of amides is 2. The lowest BCUT2D eigenvalue weighted by atomic mass is 9.97. The molecule has 0 saturated heterocycles. The minimum absolute atomic E-state index is 0.0427. The summed E-state index contributed by atoms with van der Waals surface area (Å²) in [5, 5.41) is 12.2. The topological polar surface area (TPSA) is 150 Å². The third kappa shape index (κ3) is 4.17. The van der Waals surface area contributed by atoms with Crippen molar-refractivity contribution < 1.29 is 18.0 Å². The van der Waals surface area contributed by atoms with Crippen LogP contribution in [0.15, 0.2) is 23.1 Å². The summed E-state index contributed by atoms with van der Waals surface area (Å²) in [6.07, 6.45) is 0. The van der Waals surface area contributed by atoms with Crippen molar-refractivity contribution in [1.29, 1.82) is 0 Å². The van der Waals surface area contributed by atoms with Gasteiger partial charge in [-0.05, 0) is 43.5 Å². The van der Waals surface area contributed by atoms with Crippen LogP contribution in [0.5, 0.6) is 0 Å². The fourth-order valence-electron chi connectivity index (χ4n) is 2.72. The number of benzene rings is 1. The highest BCUT2D eigenvalue weighted by Gasteiger charge is 2.24. The minimum atomic E-state index is -4.04. The minimum Gasteiger partial charge on any atom is -0.366 e. The normalized spacial score (nSPS) is 11.6. The first kappa shape index (κ1) is 20.6. The van der Waals surface area contributed by atoms with Crippen LogP contribution in [-0.4, -0.2) is 36.6 Å². The first-order valence-electron chi connectivity index (χ1n) is 8.33. The van der Waals surface area contributed by atoms with Crippen LogP contribution in [0.25, 0.3) is 5.69 Å². The Labute approximate surface area is 157 Å². The molecule has 0 aliphatic heterocycles. The van der Waals surface area contributed by atoms with Gasteiger partial charge in [0.2, 0.25) is 10.0 Å². The number of sulfonamides is 1. The molecule has 0 radical (unpaired) electrons. The average molecular weight is 393 g/mol. The molecule has 9 nitrogen and oxygen atoms in total. The maximum atomic E-state index is 12.1. The average Bonchev–Trinajstić information content (AvgIpc) is 2.94. The molecule has 146 valence electrons. The molecule has 0 spiro atoms. The Morgan fingerprint density at radius 1 is 1.26 bits per heavy atom. The van der Waals surface area contributed by atoms with Crippen LogP contribution in [0.1, 0.15) is 58.8 Å². The third-order valence-electron chi connectivity index (χ3n) is 4.00. The van der Waals surface area contributed by atoms with E-state index in [0.29, 0.717) is 23.5 Å². The summed E-state index contributed by atoms with van der Waals surface area (Å²) < 4.78 is 25.0. The lowest BCUT2D eigenvalue weighted by Gasteiger charge is -2.18. The van der Waals surface area contributed by atoms with Gasteiger partial charge in [-0.1, -0.05) is 13.8 Å². The van der Waals surface area contributed by atoms with Gasteiger partial charge in [0.1, 0.15) is 0 Å². The van der Waals surface area contributed by atoms with Crippen molar-refractivity contribution >= 4 is 21.8 Å². The number of hydrogen-bond donors (Lipinski definition) is 3. The Bertz CT molecular complexity index is 1010. The molecule has 2 aromatic rings.